The Morgan fingerprint density at radius 1 is 1.32 bits per heavy atom. The molecule has 1 unspecified atom stereocenters. The molecule has 0 saturated heterocycles. The van der Waals surface area contributed by atoms with E-state index in [1.807, 2.05) is 43.1 Å². The van der Waals surface area contributed by atoms with Crippen molar-refractivity contribution in [1.82, 2.24) is 4.90 Å². The molecule has 1 aromatic rings. The number of hydrogen-bond acceptors (Lipinski definition) is 4. The van der Waals surface area contributed by atoms with Gasteiger partial charge in [-0.1, -0.05) is 18.2 Å². The molecule has 0 aliphatic heterocycles. The average molecular weight is 267 g/mol. The van der Waals surface area contributed by atoms with Crippen LogP contribution in [0, 0.1) is 6.92 Å². The van der Waals surface area contributed by atoms with Crippen molar-refractivity contribution in [3.63, 3.8) is 0 Å². The monoisotopic (exact) mass is 267 g/mol. The first-order valence-electron chi connectivity index (χ1n) is 6.55. The van der Waals surface area contributed by atoms with Gasteiger partial charge in [0.15, 0.2) is 0 Å². The third-order valence-corrected chi connectivity index (χ3v) is 2.70. The topological polar surface area (TPSA) is 52.9 Å². The number of aliphatic hydroxyl groups is 2. The highest BCUT2D eigenvalue weighted by Crippen LogP contribution is 2.16. The highest BCUT2D eigenvalue weighted by atomic mass is 16.5. The molecule has 0 saturated carbocycles. The van der Waals surface area contributed by atoms with Crippen molar-refractivity contribution >= 4 is 0 Å². The number of ether oxygens (including phenoxy) is 1. The summed E-state index contributed by atoms with van der Waals surface area (Å²) in [7, 11) is 1.87. The molecule has 4 nitrogen and oxygen atoms in total. The number of benzene rings is 1. The molecule has 0 aliphatic carbocycles. The van der Waals surface area contributed by atoms with Crippen LogP contribution in [0.5, 0.6) is 5.75 Å². The Labute approximate surface area is 115 Å². The van der Waals surface area contributed by atoms with Crippen LogP contribution in [0.3, 0.4) is 0 Å². The minimum Gasteiger partial charge on any atom is -0.491 e. The Bertz CT molecular complexity index is 387. The molecule has 0 radical (unpaired) electrons. The van der Waals surface area contributed by atoms with Crippen LogP contribution in [0.2, 0.25) is 0 Å². The Kier molecular flexibility index (Phi) is 5.79. The summed E-state index contributed by atoms with van der Waals surface area (Å²) >= 11 is 0. The second-order valence-corrected chi connectivity index (χ2v) is 5.74. The van der Waals surface area contributed by atoms with Crippen LogP contribution in [-0.2, 0) is 0 Å². The molecule has 1 atom stereocenters. The molecule has 1 rings (SSSR count). The zero-order chi connectivity index (χ0) is 14.5. The first-order valence-corrected chi connectivity index (χ1v) is 6.55. The molecule has 0 aromatic heterocycles. The molecule has 19 heavy (non-hydrogen) atoms. The second kappa shape index (κ2) is 6.89. The van der Waals surface area contributed by atoms with E-state index in [1.54, 1.807) is 13.8 Å². The smallest absolute Gasteiger partial charge is 0.122 e. The van der Waals surface area contributed by atoms with Crippen molar-refractivity contribution in [3.8, 4) is 5.75 Å². The van der Waals surface area contributed by atoms with Crippen molar-refractivity contribution < 1.29 is 14.9 Å². The van der Waals surface area contributed by atoms with Gasteiger partial charge < -0.3 is 19.8 Å². The van der Waals surface area contributed by atoms with E-state index >= 15 is 0 Å². The maximum absolute atomic E-state index is 9.92. The zero-order valence-corrected chi connectivity index (χ0v) is 12.3. The van der Waals surface area contributed by atoms with Gasteiger partial charge in [-0.05, 0) is 39.4 Å². The third-order valence-electron chi connectivity index (χ3n) is 2.70. The lowest BCUT2D eigenvalue weighted by atomic mass is 10.1. The van der Waals surface area contributed by atoms with E-state index in [0.717, 1.165) is 11.3 Å². The molecular formula is C15H25NO3. The number of likely N-dealkylation sites (N-methyl/N-ethyl adjacent to an activating group) is 1. The van der Waals surface area contributed by atoms with E-state index in [-0.39, 0.29) is 6.61 Å². The van der Waals surface area contributed by atoms with Crippen LogP contribution in [0.1, 0.15) is 19.4 Å². The van der Waals surface area contributed by atoms with Crippen molar-refractivity contribution in [2.75, 3.05) is 26.7 Å². The number of rotatable bonds is 7. The van der Waals surface area contributed by atoms with Crippen LogP contribution in [0.25, 0.3) is 0 Å². The number of aliphatic hydroxyl groups excluding tert-OH is 1. The summed E-state index contributed by atoms with van der Waals surface area (Å²) in [5.41, 5.74) is 0.297. The quantitative estimate of drug-likeness (QED) is 0.785. The van der Waals surface area contributed by atoms with Crippen LogP contribution < -0.4 is 4.74 Å². The van der Waals surface area contributed by atoms with Crippen LogP contribution >= 0.6 is 0 Å². The molecule has 0 fully saturated rings. The Hall–Kier alpha value is -1.10. The molecule has 0 amide bonds. The normalized spacial score (nSPS) is 13.6. The van der Waals surface area contributed by atoms with Crippen molar-refractivity contribution in [2.24, 2.45) is 0 Å². The summed E-state index contributed by atoms with van der Waals surface area (Å²) in [6.45, 7) is 6.70. The number of nitrogens with zero attached hydrogens (tertiary/aromatic N) is 1. The number of para-hydroxylation sites is 1. The molecule has 108 valence electrons. The van der Waals surface area contributed by atoms with Crippen LogP contribution in [0.4, 0.5) is 0 Å². The van der Waals surface area contributed by atoms with Gasteiger partial charge in [-0.25, -0.2) is 0 Å². The number of hydrogen-bond donors (Lipinski definition) is 2. The predicted molar refractivity (Wildman–Crippen MR) is 76.5 cm³/mol. The zero-order valence-electron chi connectivity index (χ0n) is 12.3. The average Bonchev–Trinajstić information content (AvgIpc) is 2.25. The highest BCUT2D eigenvalue weighted by molar-refractivity contribution is 5.31. The third kappa shape index (κ3) is 6.57. The maximum Gasteiger partial charge on any atom is 0.122 e. The SMILES string of the molecule is Cc1ccccc1OCC(O)CN(C)CC(C)(C)O. The van der Waals surface area contributed by atoms with Gasteiger partial charge in [0.2, 0.25) is 0 Å². The minimum atomic E-state index is -0.759. The molecule has 2 N–H and O–H groups in total. The summed E-state index contributed by atoms with van der Waals surface area (Å²) < 4.78 is 5.59. The van der Waals surface area contributed by atoms with Gasteiger partial charge in [-0.15, -0.1) is 0 Å². The predicted octanol–water partition coefficient (Wildman–Crippen LogP) is 1.44. The lowest BCUT2D eigenvalue weighted by molar-refractivity contribution is 0.0194. The molecule has 0 bridgehead atoms. The second-order valence-electron chi connectivity index (χ2n) is 5.74. The largest absolute Gasteiger partial charge is 0.491 e. The molecule has 1 aromatic carbocycles. The molecular weight excluding hydrogens is 242 g/mol. The van der Waals surface area contributed by atoms with E-state index in [2.05, 4.69) is 0 Å². The van der Waals surface area contributed by atoms with Gasteiger partial charge in [0.05, 0.1) is 5.60 Å². The van der Waals surface area contributed by atoms with Crippen molar-refractivity contribution in [3.05, 3.63) is 29.8 Å². The first-order chi connectivity index (χ1) is 8.78. The summed E-state index contributed by atoms with van der Waals surface area (Å²) in [4.78, 5) is 1.89. The highest BCUT2D eigenvalue weighted by Gasteiger charge is 2.18. The lowest BCUT2D eigenvalue weighted by Crippen LogP contribution is -2.41. The fourth-order valence-corrected chi connectivity index (χ4v) is 2.04. The van der Waals surface area contributed by atoms with Gasteiger partial charge in [-0.2, -0.15) is 0 Å². The van der Waals surface area contributed by atoms with Crippen molar-refractivity contribution in [2.45, 2.75) is 32.5 Å². The van der Waals surface area contributed by atoms with Crippen molar-refractivity contribution in [1.29, 1.82) is 0 Å². The standard InChI is InChI=1S/C15H25NO3/c1-12-7-5-6-8-14(12)19-10-13(17)9-16(4)11-15(2,3)18/h5-8,13,17-18H,9-11H2,1-4H3. The summed E-state index contributed by atoms with van der Waals surface area (Å²) in [5.74, 6) is 0.798. The van der Waals surface area contributed by atoms with E-state index < -0.39 is 11.7 Å². The fourth-order valence-electron chi connectivity index (χ4n) is 2.04. The maximum atomic E-state index is 9.92. The molecule has 0 spiro atoms. The number of aryl methyl sites for hydroxylation is 1. The van der Waals surface area contributed by atoms with Crippen LogP contribution in [-0.4, -0.2) is 53.6 Å². The molecule has 0 aliphatic rings. The fraction of sp³-hybridized carbons (Fsp3) is 0.600. The minimum absolute atomic E-state index is 0.251. The molecule has 0 heterocycles. The van der Waals surface area contributed by atoms with E-state index in [4.69, 9.17) is 4.74 Å². The lowest BCUT2D eigenvalue weighted by Gasteiger charge is -2.27. The van der Waals surface area contributed by atoms with E-state index in [1.165, 1.54) is 0 Å². The van der Waals surface area contributed by atoms with Gasteiger partial charge in [-0.3, -0.25) is 0 Å². The van der Waals surface area contributed by atoms with Gasteiger partial charge in [0, 0.05) is 13.1 Å². The Morgan fingerprint density at radius 2 is 1.95 bits per heavy atom. The summed E-state index contributed by atoms with van der Waals surface area (Å²) in [6, 6.07) is 7.73. The Morgan fingerprint density at radius 3 is 2.53 bits per heavy atom. The van der Waals surface area contributed by atoms with E-state index in [9.17, 15) is 10.2 Å². The van der Waals surface area contributed by atoms with E-state index in [0.29, 0.717) is 13.1 Å². The van der Waals surface area contributed by atoms with Gasteiger partial charge in [0.25, 0.3) is 0 Å². The molecule has 4 heteroatoms. The first kappa shape index (κ1) is 16.0. The summed E-state index contributed by atoms with van der Waals surface area (Å²) in [6.07, 6.45) is -0.577. The van der Waals surface area contributed by atoms with Crippen LogP contribution in [0.15, 0.2) is 24.3 Å². The van der Waals surface area contributed by atoms with Gasteiger partial charge in [0.1, 0.15) is 18.5 Å². The van der Waals surface area contributed by atoms with Gasteiger partial charge >= 0.3 is 0 Å². The Balaban J connectivity index is 2.36. The summed E-state index contributed by atoms with van der Waals surface area (Å²) in [5, 5.41) is 19.6.